The first-order valence-electron chi connectivity index (χ1n) is 7.33. The molecule has 1 aromatic carbocycles. The van der Waals surface area contributed by atoms with Crippen LogP contribution in [0.3, 0.4) is 0 Å². The lowest BCUT2D eigenvalue weighted by atomic mass is 10.00. The molecule has 0 bridgehead atoms. The van der Waals surface area contributed by atoms with Crippen molar-refractivity contribution in [3.05, 3.63) is 29.8 Å². The van der Waals surface area contributed by atoms with E-state index in [4.69, 9.17) is 16.3 Å². The van der Waals surface area contributed by atoms with Crippen LogP contribution in [0.5, 0.6) is 5.75 Å². The number of hydrogen-bond acceptors (Lipinski definition) is 4. The minimum Gasteiger partial charge on any atom is -0.426 e. The predicted molar refractivity (Wildman–Crippen MR) is 82.5 cm³/mol. The molecule has 24 heavy (non-hydrogen) atoms. The summed E-state index contributed by atoms with van der Waals surface area (Å²) in [7, 11) is -3.92. The fourth-order valence-electron chi connectivity index (χ4n) is 2.55. The van der Waals surface area contributed by atoms with Gasteiger partial charge in [0.25, 0.3) is 0 Å². The van der Waals surface area contributed by atoms with Gasteiger partial charge in [0.05, 0.1) is 5.56 Å². The topological polar surface area (TPSA) is 60.4 Å². The molecule has 0 aliphatic heterocycles. The van der Waals surface area contributed by atoms with E-state index in [2.05, 4.69) is 0 Å². The van der Waals surface area contributed by atoms with Crippen molar-refractivity contribution in [2.45, 2.75) is 42.5 Å². The smallest absolute Gasteiger partial charge is 0.416 e. The van der Waals surface area contributed by atoms with Crippen molar-refractivity contribution in [2.24, 2.45) is 0 Å². The van der Waals surface area contributed by atoms with Crippen molar-refractivity contribution in [3.63, 3.8) is 0 Å². The van der Waals surface area contributed by atoms with Crippen LogP contribution in [0.4, 0.5) is 13.2 Å². The summed E-state index contributed by atoms with van der Waals surface area (Å²) >= 11 is 6.16. The number of ether oxygens (including phenoxy) is 1. The third-order valence-electron chi connectivity index (χ3n) is 3.88. The molecule has 1 saturated carbocycles. The molecular formula is C15H16ClF3O4S. The largest absolute Gasteiger partial charge is 0.426 e. The SMILES string of the molecule is O=C(CS(=O)(=O)C1(Cl)CCCCC1)Oc1ccc(C(F)(F)F)cc1. The Morgan fingerprint density at radius 3 is 2.17 bits per heavy atom. The van der Waals surface area contributed by atoms with Gasteiger partial charge >= 0.3 is 12.1 Å². The van der Waals surface area contributed by atoms with E-state index < -0.39 is 37.5 Å². The first kappa shape index (κ1) is 19.1. The zero-order chi connectivity index (χ0) is 18.0. The highest BCUT2D eigenvalue weighted by molar-refractivity contribution is 7.94. The Balaban J connectivity index is 2.02. The fraction of sp³-hybridized carbons (Fsp3) is 0.533. The molecular weight excluding hydrogens is 369 g/mol. The molecule has 1 aliphatic carbocycles. The van der Waals surface area contributed by atoms with E-state index in [0.717, 1.165) is 30.7 Å². The minimum absolute atomic E-state index is 0.157. The summed E-state index contributed by atoms with van der Waals surface area (Å²) in [5.74, 6) is -2.13. The second-order valence-electron chi connectivity index (χ2n) is 5.70. The summed E-state index contributed by atoms with van der Waals surface area (Å²) in [5.41, 5.74) is -0.892. The first-order valence-corrected chi connectivity index (χ1v) is 9.36. The van der Waals surface area contributed by atoms with E-state index in [1.54, 1.807) is 0 Å². The van der Waals surface area contributed by atoms with Crippen LogP contribution in [-0.2, 0) is 20.8 Å². The number of benzene rings is 1. The Labute approximate surface area is 142 Å². The van der Waals surface area contributed by atoms with Crippen LogP contribution in [0, 0.1) is 0 Å². The molecule has 1 aromatic rings. The molecule has 0 aromatic heterocycles. The van der Waals surface area contributed by atoms with E-state index in [1.165, 1.54) is 0 Å². The molecule has 0 radical (unpaired) electrons. The Hall–Kier alpha value is -1.28. The normalized spacial score (nSPS) is 18.2. The third-order valence-corrected chi connectivity index (χ3v) is 7.10. The lowest BCUT2D eigenvalue weighted by Crippen LogP contribution is -2.39. The lowest BCUT2D eigenvalue weighted by molar-refractivity contribution is -0.137. The quantitative estimate of drug-likeness (QED) is 0.448. The molecule has 0 N–H and O–H groups in total. The standard InChI is InChI=1S/C15H16ClF3O4S/c16-14(8-2-1-3-9-14)24(21,22)10-13(20)23-12-6-4-11(5-7-12)15(17,18)19/h4-7H,1-3,8-10H2. The minimum atomic E-state index is -4.50. The van der Waals surface area contributed by atoms with Crippen LogP contribution in [0.1, 0.15) is 37.7 Å². The van der Waals surface area contributed by atoms with Gasteiger partial charge in [0.2, 0.25) is 0 Å². The van der Waals surface area contributed by atoms with Gasteiger partial charge < -0.3 is 4.74 Å². The number of hydrogen-bond donors (Lipinski definition) is 0. The maximum atomic E-state index is 12.5. The number of esters is 1. The van der Waals surface area contributed by atoms with Crippen molar-refractivity contribution in [1.82, 2.24) is 0 Å². The summed E-state index contributed by atoms with van der Waals surface area (Å²) in [6.07, 6.45) is -1.75. The van der Waals surface area contributed by atoms with Crippen molar-refractivity contribution in [3.8, 4) is 5.75 Å². The number of carbonyl (C=O) groups is 1. The summed E-state index contributed by atoms with van der Waals surface area (Å²) in [4.78, 5) is 11.8. The van der Waals surface area contributed by atoms with Gasteiger partial charge in [-0.1, -0.05) is 19.3 Å². The molecule has 0 unspecified atom stereocenters. The second-order valence-corrected chi connectivity index (χ2v) is 8.95. The molecule has 134 valence electrons. The predicted octanol–water partition coefficient (Wildman–Crippen LogP) is 3.92. The highest BCUT2D eigenvalue weighted by Gasteiger charge is 2.44. The zero-order valence-electron chi connectivity index (χ0n) is 12.6. The van der Waals surface area contributed by atoms with E-state index in [1.807, 2.05) is 0 Å². The Kier molecular flexibility index (Phi) is 5.49. The lowest BCUT2D eigenvalue weighted by Gasteiger charge is -2.30. The van der Waals surface area contributed by atoms with Crippen molar-refractivity contribution >= 4 is 27.4 Å². The highest BCUT2D eigenvalue weighted by atomic mass is 35.5. The molecule has 2 rings (SSSR count). The molecule has 0 saturated heterocycles. The van der Waals surface area contributed by atoms with E-state index in [-0.39, 0.29) is 18.6 Å². The number of alkyl halides is 4. The maximum Gasteiger partial charge on any atom is 0.416 e. The van der Waals surface area contributed by atoms with Crippen LogP contribution in [0.25, 0.3) is 0 Å². The van der Waals surface area contributed by atoms with Crippen LogP contribution in [-0.4, -0.2) is 24.3 Å². The summed E-state index contributed by atoms with van der Waals surface area (Å²) in [6, 6.07) is 3.43. The number of carbonyl (C=O) groups excluding carboxylic acids is 1. The van der Waals surface area contributed by atoms with E-state index >= 15 is 0 Å². The summed E-state index contributed by atoms with van der Waals surface area (Å²) in [6.45, 7) is 0. The third kappa shape index (κ3) is 4.42. The average Bonchev–Trinajstić information content (AvgIpc) is 2.46. The maximum absolute atomic E-state index is 12.5. The first-order chi connectivity index (χ1) is 11.0. The molecule has 9 heteroatoms. The molecule has 1 aliphatic rings. The highest BCUT2D eigenvalue weighted by Crippen LogP contribution is 2.39. The van der Waals surface area contributed by atoms with E-state index in [9.17, 15) is 26.4 Å². The fourth-order valence-corrected chi connectivity index (χ4v) is 4.52. The van der Waals surface area contributed by atoms with E-state index in [0.29, 0.717) is 12.8 Å². The van der Waals surface area contributed by atoms with Gasteiger partial charge in [-0.25, -0.2) is 8.42 Å². The Bertz CT molecular complexity index is 692. The number of halogens is 4. The molecule has 4 nitrogen and oxygen atoms in total. The molecule has 1 fully saturated rings. The van der Waals surface area contributed by atoms with Gasteiger partial charge in [0.1, 0.15) is 15.7 Å². The monoisotopic (exact) mass is 384 g/mol. The van der Waals surface area contributed by atoms with Crippen molar-refractivity contribution in [1.29, 1.82) is 0 Å². The molecule has 0 heterocycles. The Morgan fingerprint density at radius 1 is 1.12 bits per heavy atom. The second kappa shape index (κ2) is 6.92. The number of rotatable bonds is 4. The van der Waals surface area contributed by atoms with Gasteiger partial charge in [-0.3, -0.25) is 4.79 Å². The number of sulfone groups is 1. The molecule has 0 spiro atoms. The average molecular weight is 385 g/mol. The summed E-state index contributed by atoms with van der Waals surface area (Å²) in [5, 5.41) is 0. The van der Waals surface area contributed by atoms with Gasteiger partial charge in [0, 0.05) is 0 Å². The van der Waals surface area contributed by atoms with Crippen molar-refractivity contribution in [2.75, 3.05) is 5.75 Å². The molecule has 0 amide bonds. The van der Waals surface area contributed by atoms with Gasteiger partial charge in [0.15, 0.2) is 9.84 Å². The van der Waals surface area contributed by atoms with Crippen LogP contribution in [0.15, 0.2) is 24.3 Å². The van der Waals surface area contributed by atoms with Gasteiger partial charge in [-0.05, 0) is 37.1 Å². The van der Waals surface area contributed by atoms with Crippen molar-refractivity contribution < 1.29 is 31.1 Å². The van der Waals surface area contributed by atoms with Crippen LogP contribution >= 0.6 is 11.6 Å². The Morgan fingerprint density at radius 2 is 1.67 bits per heavy atom. The zero-order valence-corrected chi connectivity index (χ0v) is 14.2. The van der Waals surface area contributed by atoms with Gasteiger partial charge in [-0.2, -0.15) is 13.2 Å². The summed E-state index contributed by atoms with van der Waals surface area (Å²) < 4.78 is 65.3. The van der Waals surface area contributed by atoms with Crippen LogP contribution in [0.2, 0.25) is 0 Å². The van der Waals surface area contributed by atoms with Crippen LogP contribution < -0.4 is 4.74 Å². The van der Waals surface area contributed by atoms with Gasteiger partial charge in [-0.15, -0.1) is 11.6 Å². The molecule has 0 atom stereocenters.